The normalized spacial score (nSPS) is 25.1. The number of likely N-dealkylation sites (tertiary alicyclic amines) is 2. The van der Waals surface area contributed by atoms with Crippen LogP contribution >= 0.6 is 0 Å². The van der Waals surface area contributed by atoms with Gasteiger partial charge in [-0.05, 0) is 50.8 Å². The van der Waals surface area contributed by atoms with Gasteiger partial charge in [-0.15, -0.1) is 0 Å². The lowest BCUT2D eigenvalue weighted by molar-refractivity contribution is -0.131. The molecule has 3 rings (SSSR count). The Hall–Kier alpha value is -1.46. The van der Waals surface area contributed by atoms with E-state index in [4.69, 9.17) is 4.74 Å². The van der Waals surface area contributed by atoms with Crippen molar-refractivity contribution >= 4 is 5.91 Å². The first-order valence-electron chi connectivity index (χ1n) is 9.22. The van der Waals surface area contributed by atoms with E-state index in [1.165, 1.54) is 0 Å². The van der Waals surface area contributed by atoms with E-state index < -0.39 is 0 Å². The Balaban J connectivity index is 1.61. The molecular weight excluding hydrogens is 302 g/mol. The van der Waals surface area contributed by atoms with E-state index in [9.17, 15) is 4.79 Å². The summed E-state index contributed by atoms with van der Waals surface area (Å²) >= 11 is 0. The standard InChI is InChI=1S/C19H29N3O2/c1-24-18-8-6-14-22(15-16-7-2-3-11-20-16)17(18)9-10-19(23)21-12-4-5-13-21/h2-3,7,11,17-18H,4-6,8-10,12-15H2,1H3/t17-,18-/m0/s1. The second-order valence-electron chi connectivity index (χ2n) is 6.90. The zero-order chi connectivity index (χ0) is 16.8. The molecule has 0 saturated carbocycles. The maximum atomic E-state index is 12.4. The summed E-state index contributed by atoms with van der Waals surface area (Å²) in [7, 11) is 1.80. The first-order valence-corrected chi connectivity index (χ1v) is 9.22. The Morgan fingerprint density at radius 2 is 2.08 bits per heavy atom. The number of pyridine rings is 1. The summed E-state index contributed by atoms with van der Waals surface area (Å²) in [6, 6.07) is 6.36. The molecule has 0 N–H and O–H groups in total. The van der Waals surface area contributed by atoms with E-state index in [-0.39, 0.29) is 6.10 Å². The molecule has 1 amide bonds. The summed E-state index contributed by atoms with van der Waals surface area (Å²) in [5, 5.41) is 0. The predicted octanol–water partition coefficient (Wildman–Crippen LogP) is 2.46. The van der Waals surface area contributed by atoms with E-state index in [2.05, 4.69) is 16.0 Å². The van der Waals surface area contributed by atoms with Crippen molar-refractivity contribution in [3.05, 3.63) is 30.1 Å². The minimum Gasteiger partial charge on any atom is -0.380 e. The van der Waals surface area contributed by atoms with Crippen LogP contribution in [0.15, 0.2) is 24.4 Å². The highest BCUT2D eigenvalue weighted by atomic mass is 16.5. The summed E-state index contributed by atoms with van der Waals surface area (Å²) in [4.78, 5) is 21.3. The number of aromatic nitrogens is 1. The molecule has 0 aliphatic carbocycles. The first-order chi connectivity index (χ1) is 11.8. The SMILES string of the molecule is CO[C@H]1CCCN(Cc2ccccn2)[C@H]1CCC(=O)N1CCCC1. The van der Waals surface area contributed by atoms with Crippen LogP contribution in [0.25, 0.3) is 0 Å². The highest BCUT2D eigenvalue weighted by molar-refractivity contribution is 5.76. The number of nitrogens with zero attached hydrogens (tertiary/aromatic N) is 3. The van der Waals surface area contributed by atoms with E-state index in [1.54, 1.807) is 7.11 Å². The van der Waals surface area contributed by atoms with Crippen molar-refractivity contribution in [1.29, 1.82) is 0 Å². The lowest BCUT2D eigenvalue weighted by Crippen LogP contribution is -2.49. The zero-order valence-corrected chi connectivity index (χ0v) is 14.7. The fourth-order valence-corrected chi connectivity index (χ4v) is 4.02. The van der Waals surface area contributed by atoms with Gasteiger partial charge in [0.2, 0.25) is 5.91 Å². The van der Waals surface area contributed by atoms with Crippen molar-refractivity contribution < 1.29 is 9.53 Å². The molecule has 0 aromatic carbocycles. The molecule has 0 spiro atoms. The number of hydrogen-bond donors (Lipinski definition) is 0. The van der Waals surface area contributed by atoms with Gasteiger partial charge in [-0.1, -0.05) is 6.07 Å². The van der Waals surface area contributed by atoms with Gasteiger partial charge in [0.15, 0.2) is 0 Å². The molecular formula is C19H29N3O2. The Bertz CT molecular complexity index is 517. The third-order valence-electron chi connectivity index (χ3n) is 5.34. The van der Waals surface area contributed by atoms with Gasteiger partial charge < -0.3 is 9.64 Å². The molecule has 2 saturated heterocycles. The van der Waals surface area contributed by atoms with Crippen LogP contribution in [0.1, 0.15) is 44.2 Å². The monoisotopic (exact) mass is 331 g/mol. The maximum Gasteiger partial charge on any atom is 0.222 e. The van der Waals surface area contributed by atoms with Crippen molar-refractivity contribution in [2.24, 2.45) is 0 Å². The summed E-state index contributed by atoms with van der Waals surface area (Å²) in [5.41, 5.74) is 1.09. The molecule has 2 aliphatic heterocycles. The topological polar surface area (TPSA) is 45.7 Å². The van der Waals surface area contributed by atoms with Gasteiger partial charge in [0.05, 0.1) is 11.8 Å². The molecule has 0 bridgehead atoms. The Kier molecular flexibility index (Phi) is 6.21. The van der Waals surface area contributed by atoms with Crippen molar-refractivity contribution in [3.63, 3.8) is 0 Å². The van der Waals surface area contributed by atoms with Crippen molar-refractivity contribution in [2.45, 2.75) is 57.2 Å². The third kappa shape index (κ3) is 4.33. The second kappa shape index (κ2) is 8.58. The number of amides is 1. The van der Waals surface area contributed by atoms with Crippen LogP contribution in [-0.2, 0) is 16.1 Å². The molecule has 2 atom stereocenters. The third-order valence-corrected chi connectivity index (χ3v) is 5.34. The van der Waals surface area contributed by atoms with E-state index in [0.717, 1.165) is 64.0 Å². The molecule has 1 aromatic heterocycles. The molecule has 5 nitrogen and oxygen atoms in total. The number of piperidine rings is 1. The highest BCUT2D eigenvalue weighted by Gasteiger charge is 2.32. The minimum atomic E-state index is 0.217. The van der Waals surface area contributed by atoms with E-state index >= 15 is 0 Å². The van der Waals surface area contributed by atoms with Gasteiger partial charge in [-0.25, -0.2) is 0 Å². The van der Waals surface area contributed by atoms with Crippen LogP contribution in [-0.4, -0.2) is 59.6 Å². The lowest BCUT2D eigenvalue weighted by Gasteiger charge is -2.40. The predicted molar refractivity (Wildman–Crippen MR) is 93.5 cm³/mol. The van der Waals surface area contributed by atoms with Gasteiger partial charge in [-0.2, -0.15) is 0 Å². The molecule has 24 heavy (non-hydrogen) atoms. The van der Waals surface area contributed by atoms with Crippen LogP contribution in [0.4, 0.5) is 0 Å². The summed E-state index contributed by atoms with van der Waals surface area (Å²) in [6.07, 6.45) is 8.10. The number of hydrogen-bond acceptors (Lipinski definition) is 4. The molecule has 132 valence electrons. The average molecular weight is 331 g/mol. The quantitative estimate of drug-likeness (QED) is 0.803. The Morgan fingerprint density at radius 1 is 1.25 bits per heavy atom. The fourth-order valence-electron chi connectivity index (χ4n) is 4.02. The number of rotatable bonds is 6. The molecule has 0 radical (unpaired) electrons. The molecule has 1 aromatic rings. The van der Waals surface area contributed by atoms with Gasteiger partial charge >= 0.3 is 0 Å². The van der Waals surface area contributed by atoms with Crippen LogP contribution < -0.4 is 0 Å². The summed E-state index contributed by atoms with van der Waals surface area (Å²) in [5.74, 6) is 0.311. The molecule has 0 unspecified atom stereocenters. The second-order valence-corrected chi connectivity index (χ2v) is 6.90. The van der Waals surface area contributed by atoms with Gasteiger partial charge in [0.25, 0.3) is 0 Å². The van der Waals surface area contributed by atoms with Gasteiger partial charge in [0.1, 0.15) is 0 Å². The zero-order valence-electron chi connectivity index (χ0n) is 14.7. The first kappa shape index (κ1) is 17.4. The van der Waals surface area contributed by atoms with Crippen molar-refractivity contribution in [1.82, 2.24) is 14.8 Å². The van der Waals surface area contributed by atoms with E-state index in [1.807, 2.05) is 23.2 Å². The lowest BCUT2D eigenvalue weighted by atomic mass is 9.94. The Morgan fingerprint density at radius 3 is 2.79 bits per heavy atom. The van der Waals surface area contributed by atoms with Gasteiger partial charge in [0, 0.05) is 45.4 Å². The van der Waals surface area contributed by atoms with Crippen LogP contribution in [0.3, 0.4) is 0 Å². The largest absolute Gasteiger partial charge is 0.380 e. The molecule has 2 aliphatic rings. The van der Waals surface area contributed by atoms with Crippen LogP contribution in [0.5, 0.6) is 0 Å². The number of ether oxygens (including phenoxy) is 1. The number of methoxy groups -OCH3 is 1. The summed E-state index contributed by atoms with van der Waals surface area (Å²) in [6.45, 7) is 3.77. The van der Waals surface area contributed by atoms with Crippen LogP contribution in [0.2, 0.25) is 0 Å². The minimum absolute atomic E-state index is 0.217. The van der Waals surface area contributed by atoms with Crippen molar-refractivity contribution in [3.8, 4) is 0 Å². The molecule has 5 heteroatoms. The Labute approximate surface area is 145 Å². The summed E-state index contributed by atoms with van der Waals surface area (Å²) < 4.78 is 5.74. The van der Waals surface area contributed by atoms with Crippen molar-refractivity contribution in [2.75, 3.05) is 26.7 Å². The maximum absolute atomic E-state index is 12.4. The average Bonchev–Trinajstić information content (AvgIpc) is 3.16. The fraction of sp³-hybridized carbons (Fsp3) is 0.684. The number of carbonyl (C=O) groups is 1. The molecule has 3 heterocycles. The van der Waals surface area contributed by atoms with Gasteiger partial charge in [-0.3, -0.25) is 14.7 Å². The smallest absolute Gasteiger partial charge is 0.222 e. The van der Waals surface area contributed by atoms with E-state index in [0.29, 0.717) is 18.4 Å². The highest BCUT2D eigenvalue weighted by Crippen LogP contribution is 2.25. The number of carbonyl (C=O) groups excluding carboxylic acids is 1. The van der Waals surface area contributed by atoms with Crippen LogP contribution in [0, 0.1) is 0 Å². The molecule has 2 fully saturated rings.